The minimum Gasteiger partial charge on any atom is -0.480 e. The van der Waals surface area contributed by atoms with Gasteiger partial charge in [-0.05, 0) is 70.0 Å². The number of carbonyl (C=O) groups is 1. The first kappa shape index (κ1) is 26.7. The van der Waals surface area contributed by atoms with Crippen molar-refractivity contribution in [3.8, 4) is 5.88 Å². The van der Waals surface area contributed by atoms with Gasteiger partial charge in [-0.3, -0.25) is 4.79 Å². The number of carboxylic acids is 1. The molecule has 0 unspecified atom stereocenters. The highest BCUT2D eigenvalue weighted by atomic mass is 32.2. The molecule has 2 N–H and O–H groups in total. The van der Waals surface area contributed by atoms with E-state index in [1.54, 1.807) is 13.0 Å². The molecule has 0 bridgehead atoms. The molecule has 1 aromatic heterocycles. The number of aromatic nitrogens is 1. The molecule has 8 nitrogen and oxygen atoms in total. The van der Waals surface area contributed by atoms with Crippen LogP contribution in [0.15, 0.2) is 17.0 Å². The van der Waals surface area contributed by atoms with Crippen molar-refractivity contribution >= 4 is 16.0 Å². The highest BCUT2D eigenvalue weighted by Crippen LogP contribution is 2.33. The number of aryl methyl sites for hydroxylation is 1. The number of alkyl halides is 2. The van der Waals surface area contributed by atoms with Gasteiger partial charge in [-0.1, -0.05) is 6.92 Å². The highest BCUT2D eigenvalue weighted by Gasteiger charge is 2.41. The number of pyridine rings is 1. The molecule has 2 fully saturated rings. The monoisotopic (exact) mass is 503 g/mol. The zero-order valence-corrected chi connectivity index (χ0v) is 20.6. The number of ether oxygens (including phenoxy) is 1. The van der Waals surface area contributed by atoms with Crippen LogP contribution in [-0.2, 0) is 14.8 Å². The summed E-state index contributed by atoms with van der Waals surface area (Å²) in [5.74, 6) is -3.42. The second kappa shape index (κ2) is 11.3. The van der Waals surface area contributed by atoms with E-state index in [4.69, 9.17) is 4.74 Å². The number of sulfonamides is 1. The van der Waals surface area contributed by atoms with Crippen LogP contribution in [0.5, 0.6) is 5.88 Å². The third-order valence-electron chi connectivity index (χ3n) is 6.68. The average Bonchev–Trinajstić information content (AvgIpc) is 3.26. The summed E-state index contributed by atoms with van der Waals surface area (Å²) in [4.78, 5) is 15.6. The Morgan fingerprint density at radius 2 is 2.00 bits per heavy atom. The summed E-state index contributed by atoms with van der Waals surface area (Å²) in [7, 11) is -4.06. The van der Waals surface area contributed by atoms with Gasteiger partial charge in [0.1, 0.15) is 10.9 Å². The molecule has 1 aromatic rings. The van der Waals surface area contributed by atoms with Crippen LogP contribution in [0, 0.1) is 12.8 Å². The first-order valence-corrected chi connectivity index (χ1v) is 13.4. The largest absolute Gasteiger partial charge is 0.480 e. The van der Waals surface area contributed by atoms with Crippen molar-refractivity contribution < 1.29 is 31.8 Å². The average molecular weight is 504 g/mol. The minimum atomic E-state index is -4.06. The molecule has 2 atom stereocenters. The fourth-order valence-corrected chi connectivity index (χ4v) is 6.22. The van der Waals surface area contributed by atoms with E-state index in [1.807, 2.05) is 0 Å². The fourth-order valence-electron chi connectivity index (χ4n) is 4.50. The fraction of sp³-hybridized carbons (Fsp3) is 0.739. The van der Waals surface area contributed by atoms with Gasteiger partial charge in [0.05, 0.1) is 6.61 Å². The molecular formula is C23H35F2N3O5S. The van der Waals surface area contributed by atoms with Crippen LogP contribution in [0.2, 0.25) is 0 Å². The molecule has 11 heteroatoms. The van der Waals surface area contributed by atoms with E-state index in [9.17, 15) is 27.1 Å². The third kappa shape index (κ3) is 6.85. The van der Waals surface area contributed by atoms with Crippen molar-refractivity contribution in [2.45, 2.75) is 88.1 Å². The molecular weight excluding hydrogens is 468 g/mol. The van der Waals surface area contributed by atoms with Crippen molar-refractivity contribution in [2.75, 3.05) is 19.7 Å². The van der Waals surface area contributed by atoms with E-state index in [0.717, 1.165) is 17.3 Å². The second-order valence-electron chi connectivity index (χ2n) is 9.48. The van der Waals surface area contributed by atoms with Crippen molar-refractivity contribution in [2.24, 2.45) is 5.92 Å². The van der Waals surface area contributed by atoms with E-state index in [0.29, 0.717) is 31.4 Å². The summed E-state index contributed by atoms with van der Waals surface area (Å²) in [5.41, 5.74) is 0.598. The first-order chi connectivity index (χ1) is 16.0. The molecule has 1 aliphatic carbocycles. The van der Waals surface area contributed by atoms with Gasteiger partial charge in [0.2, 0.25) is 21.8 Å². The topological polar surface area (TPSA) is 109 Å². The predicted molar refractivity (Wildman–Crippen MR) is 123 cm³/mol. The Bertz CT molecular complexity index is 950. The number of rotatable bonds is 11. The molecule has 2 heterocycles. The minimum absolute atomic E-state index is 0.00972. The molecule has 3 rings (SSSR count). The molecule has 34 heavy (non-hydrogen) atoms. The SMILES string of the molecule is Cc1ccc(S(=O)(=O)N2CCC[C@H]2C(=O)O)c(OCC[C@H](C)CCNC2CCC(F)(F)CC2)n1. The summed E-state index contributed by atoms with van der Waals surface area (Å²) in [5, 5.41) is 12.8. The van der Waals surface area contributed by atoms with Gasteiger partial charge in [-0.15, -0.1) is 0 Å². The van der Waals surface area contributed by atoms with Gasteiger partial charge < -0.3 is 15.2 Å². The van der Waals surface area contributed by atoms with Gasteiger partial charge in [0, 0.05) is 31.1 Å². The number of hydrogen-bond donors (Lipinski definition) is 2. The number of aliphatic carboxylic acids is 1. The summed E-state index contributed by atoms with van der Waals surface area (Å²) in [6.07, 6.45) is 3.12. The third-order valence-corrected chi connectivity index (χ3v) is 8.60. The Morgan fingerprint density at radius 1 is 1.29 bits per heavy atom. The highest BCUT2D eigenvalue weighted by molar-refractivity contribution is 7.89. The standard InChI is InChI=1S/C23H35F2N3O5S/c1-16(9-13-26-18-7-11-23(24,25)12-8-18)10-15-33-21-20(6-5-17(2)27-21)34(31,32)28-14-3-4-19(28)22(29)30/h5-6,16,18-19,26H,3-4,7-15H2,1-2H3,(H,29,30)/t16-,19+/m1/s1. The molecule has 1 aliphatic heterocycles. The van der Waals surface area contributed by atoms with E-state index in [-0.39, 0.29) is 55.1 Å². The lowest BCUT2D eigenvalue weighted by Crippen LogP contribution is -2.40. The van der Waals surface area contributed by atoms with Crippen LogP contribution in [0.1, 0.15) is 64.0 Å². The maximum Gasteiger partial charge on any atom is 0.322 e. The van der Waals surface area contributed by atoms with E-state index in [1.165, 1.54) is 6.07 Å². The van der Waals surface area contributed by atoms with Crippen LogP contribution >= 0.6 is 0 Å². The van der Waals surface area contributed by atoms with Crippen LogP contribution in [0.3, 0.4) is 0 Å². The summed E-state index contributed by atoms with van der Waals surface area (Å²) in [6.45, 7) is 4.93. The van der Waals surface area contributed by atoms with E-state index in [2.05, 4.69) is 17.2 Å². The predicted octanol–water partition coefficient (Wildman–Crippen LogP) is 3.59. The zero-order valence-electron chi connectivity index (χ0n) is 19.8. The molecule has 0 amide bonds. The molecule has 192 valence electrons. The first-order valence-electron chi connectivity index (χ1n) is 12.0. The molecule has 1 saturated carbocycles. The second-order valence-corrected chi connectivity index (χ2v) is 11.3. The lowest BCUT2D eigenvalue weighted by molar-refractivity contribution is -0.140. The van der Waals surface area contributed by atoms with Gasteiger partial charge >= 0.3 is 5.97 Å². The molecule has 0 spiro atoms. The summed E-state index contributed by atoms with van der Waals surface area (Å²) < 4.78 is 59.7. The quantitative estimate of drug-likeness (QED) is 0.475. The van der Waals surface area contributed by atoms with Gasteiger partial charge in [-0.2, -0.15) is 4.31 Å². The Kier molecular flexibility index (Phi) is 8.86. The lowest BCUT2D eigenvalue weighted by atomic mass is 9.92. The number of hydrogen-bond acceptors (Lipinski definition) is 6. The Labute approximate surface area is 200 Å². The summed E-state index contributed by atoms with van der Waals surface area (Å²) >= 11 is 0. The number of nitrogens with zero attached hydrogens (tertiary/aromatic N) is 2. The van der Waals surface area contributed by atoms with Gasteiger partial charge in [0.25, 0.3) is 0 Å². The van der Waals surface area contributed by atoms with Crippen molar-refractivity contribution in [1.29, 1.82) is 0 Å². The Morgan fingerprint density at radius 3 is 2.68 bits per heavy atom. The van der Waals surface area contributed by atoms with Crippen molar-refractivity contribution in [3.05, 3.63) is 17.8 Å². The van der Waals surface area contributed by atoms with E-state index >= 15 is 0 Å². The van der Waals surface area contributed by atoms with Gasteiger partial charge in [-0.25, -0.2) is 22.2 Å². The van der Waals surface area contributed by atoms with Crippen molar-refractivity contribution in [1.82, 2.24) is 14.6 Å². The molecule has 0 aromatic carbocycles. The van der Waals surface area contributed by atoms with Gasteiger partial charge in [0.15, 0.2) is 0 Å². The summed E-state index contributed by atoms with van der Waals surface area (Å²) in [6, 6.07) is 2.04. The Hall–Kier alpha value is -1.85. The zero-order chi connectivity index (χ0) is 24.9. The molecule has 0 radical (unpaired) electrons. The maximum atomic E-state index is 13.3. The van der Waals surface area contributed by atoms with Crippen LogP contribution in [-0.4, -0.2) is 66.5 Å². The van der Waals surface area contributed by atoms with Crippen LogP contribution in [0.25, 0.3) is 0 Å². The number of carboxylic acid groups (broad SMARTS) is 1. The normalized spacial score (nSPS) is 22.5. The van der Waals surface area contributed by atoms with Crippen LogP contribution in [0.4, 0.5) is 8.78 Å². The number of halogens is 2. The maximum absolute atomic E-state index is 13.3. The Balaban J connectivity index is 1.52. The molecule has 2 aliphatic rings. The molecule has 1 saturated heterocycles. The smallest absolute Gasteiger partial charge is 0.322 e. The van der Waals surface area contributed by atoms with Crippen LogP contribution < -0.4 is 10.1 Å². The van der Waals surface area contributed by atoms with Crippen molar-refractivity contribution in [3.63, 3.8) is 0 Å². The number of nitrogens with one attached hydrogen (secondary N) is 1. The lowest BCUT2D eigenvalue weighted by Gasteiger charge is -2.29. The van der Waals surface area contributed by atoms with E-state index < -0.39 is 28.0 Å².